The first-order chi connectivity index (χ1) is 9.43. The van der Waals surface area contributed by atoms with Crippen LogP contribution in [0.1, 0.15) is 0 Å². The van der Waals surface area contributed by atoms with Gasteiger partial charge in [0.25, 0.3) is 9.70 Å². The van der Waals surface area contributed by atoms with Gasteiger partial charge in [-0.1, -0.05) is 40.9 Å². The van der Waals surface area contributed by atoms with Gasteiger partial charge in [0.1, 0.15) is 5.54 Å². The standard InChI is InChI=1S/C12H9Cl3N4O/c13-12(14,15)10(20)19-7-2-3-8-11(4-1-5-16-8)9(7)17-6-18-11/h1-5,18H,6H2,(H,19,20). The zero-order valence-electron chi connectivity index (χ0n) is 10.0. The molecule has 0 fully saturated rings. The first-order valence-corrected chi connectivity index (χ1v) is 6.90. The van der Waals surface area contributed by atoms with Crippen LogP contribution >= 0.6 is 34.8 Å². The summed E-state index contributed by atoms with van der Waals surface area (Å²) in [4.78, 5) is 20.5. The number of rotatable bonds is 1. The first kappa shape index (κ1) is 13.8. The molecule has 2 N–H and O–H groups in total. The van der Waals surface area contributed by atoms with Crippen molar-refractivity contribution in [3.8, 4) is 0 Å². The number of carbonyl (C=O) groups is 1. The molecule has 0 saturated carbocycles. The van der Waals surface area contributed by atoms with E-state index in [9.17, 15) is 4.79 Å². The molecule has 0 aromatic heterocycles. The summed E-state index contributed by atoms with van der Waals surface area (Å²) >= 11 is 16.7. The smallest absolute Gasteiger partial charge is 0.276 e. The van der Waals surface area contributed by atoms with E-state index in [1.165, 1.54) is 0 Å². The molecule has 1 atom stereocenters. The molecule has 104 valence electrons. The highest BCUT2D eigenvalue weighted by molar-refractivity contribution is 6.76. The Labute approximate surface area is 130 Å². The summed E-state index contributed by atoms with van der Waals surface area (Å²) in [7, 11) is 0. The molecule has 5 nitrogen and oxygen atoms in total. The minimum atomic E-state index is -2.02. The minimum absolute atomic E-state index is 0.424. The van der Waals surface area contributed by atoms with Gasteiger partial charge in [0.2, 0.25) is 0 Å². The minimum Gasteiger partial charge on any atom is -0.321 e. The van der Waals surface area contributed by atoms with Crippen LogP contribution in [0.5, 0.6) is 0 Å². The van der Waals surface area contributed by atoms with E-state index in [0.29, 0.717) is 18.1 Å². The average molecular weight is 332 g/mol. The second kappa shape index (κ2) is 4.70. The molecule has 0 bridgehead atoms. The summed E-state index contributed by atoms with van der Waals surface area (Å²) in [5.41, 5.74) is 1.35. The Morgan fingerprint density at radius 1 is 1.40 bits per heavy atom. The van der Waals surface area contributed by atoms with Gasteiger partial charge in [-0.15, -0.1) is 0 Å². The number of carbonyl (C=O) groups excluding carboxylic acids is 1. The monoisotopic (exact) mass is 330 g/mol. The molecule has 1 amide bonds. The fourth-order valence-electron chi connectivity index (χ4n) is 2.31. The molecule has 20 heavy (non-hydrogen) atoms. The van der Waals surface area contributed by atoms with Crippen LogP contribution in [0.2, 0.25) is 0 Å². The molecular weight excluding hydrogens is 323 g/mol. The number of amides is 1. The third-order valence-corrected chi connectivity index (χ3v) is 3.70. The predicted molar refractivity (Wildman–Crippen MR) is 80.4 cm³/mol. The number of aliphatic imine (C=N–C) groups is 2. The fourth-order valence-corrected chi connectivity index (χ4v) is 2.45. The number of dihydropyridines is 1. The van der Waals surface area contributed by atoms with Crippen molar-refractivity contribution in [1.82, 2.24) is 10.6 Å². The van der Waals surface area contributed by atoms with Gasteiger partial charge in [-0.3, -0.25) is 20.1 Å². The normalized spacial score (nSPS) is 27.2. The maximum atomic E-state index is 11.8. The number of nitrogens with one attached hydrogen (secondary N) is 2. The Morgan fingerprint density at radius 3 is 2.95 bits per heavy atom. The van der Waals surface area contributed by atoms with Crippen LogP contribution in [0.4, 0.5) is 0 Å². The number of alkyl halides is 3. The third-order valence-electron chi connectivity index (χ3n) is 3.19. The van der Waals surface area contributed by atoms with Crippen LogP contribution in [-0.4, -0.2) is 33.8 Å². The van der Waals surface area contributed by atoms with E-state index in [1.807, 2.05) is 12.2 Å². The number of hydrogen-bond donors (Lipinski definition) is 2. The van der Waals surface area contributed by atoms with Crippen LogP contribution in [-0.2, 0) is 4.79 Å². The summed E-state index contributed by atoms with van der Waals surface area (Å²) in [5.74, 6) is -0.723. The molecule has 8 heteroatoms. The van der Waals surface area contributed by atoms with Crippen LogP contribution < -0.4 is 10.6 Å². The lowest BCUT2D eigenvalue weighted by molar-refractivity contribution is -0.119. The molecular formula is C12H9Cl3N4O. The quantitative estimate of drug-likeness (QED) is 0.717. The average Bonchev–Trinajstić information content (AvgIpc) is 2.81. The number of nitrogens with zero attached hydrogens (tertiary/aromatic N) is 2. The van der Waals surface area contributed by atoms with E-state index >= 15 is 0 Å². The second-order valence-corrected chi connectivity index (χ2v) is 6.65. The van der Waals surface area contributed by atoms with E-state index in [4.69, 9.17) is 34.8 Å². The Morgan fingerprint density at radius 2 is 2.20 bits per heavy atom. The van der Waals surface area contributed by atoms with Crippen molar-refractivity contribution in [2.24, 2.45) is 9.98 Å². The summed E-state index contributed by atoms with van der Waals surface area (Å²) < 4.78 is -2.02. The molecule has 0 saturated heterocycles. The van der Waals surface area contributed by atoms with Crippen LogP contribution in [0.15, 0.2) is 45.7 Å². The summed E-state index contributed by atoms with van der Waals surface area (Å²) in [6.07, 6.45) is 8.96. The van der Waals surface area contributed by atoms with Crippen LogP contribution in [0, 0.1) is 0 Å². The van der Waals surface area contributed by atoms with Crippen molar-refractivity contribution in [2.75, 3.05) is 6.67 Å². The fraction of sp³-hybridized carbons (Fsp3) is 0.250. The van der Waals surface area contributed by atoms with Gasteiger partial charge in [0, 0.05) is 6.21 Å². The number of halogens is 3. The molecule has 3 aliphatic rings. The topological polar surface area (TPSA) is 65.8 Å². The Bertz CT molecular complexity index is 627. The van der Waals surface area contributed by atoms with Gasteiger partial charge >= 0.3 is 0 Å². The highest BCUT2D eigenvalue weighted by Crippen LogP contribution is 2.34. The lowest BCUT2D eigenvalue weighted by atomic mass is 9.83. The van der Waals surface area contributed by atoms with E-state index in [2.05, 4.69) is 20.6 Å². The zero-order chi connectivity index (χ0) is 14.4. The van der Waals surface area contributed by atoms with Crippen molar-refractivity contribution >= 4 is 52.6 Å². The van der Waals surface area contributed by atoms with Gasteiger partial charge in [0.05, 0.1) is 23.8 Å². The lowest BCUT2D eigenvalue weighted by Crippen LogP contribution is -2.52. The van der Waals surface area contributed by atoms with Gasteiger partial charge in [-0.05, 0) is 18.2 Å². The zero-order valence-corrected chi connectivity index (χ0v) is 12.3. The molecule has 3 rings (SSSR count). The molecule has 1 spiro atoms. The number of hydrogen-bond acceptors (Lipinski definition) is 4. The Hall–Kier alpha value is -1.14. The van der Waals surface area contributed by atoms with Gasteiger partial charge in [-0.2, -0.15) is 0 Å². The largest absolute Gasteiger partial charge is 0.321 e. The van der Waals surface area contributed by atoms with Crippen LogP contribution in [0.3, 0.4) is 0 Å². The number of allylic oxidation sites excluding steroid dienone is 3. The van der Waals surface area contributed by atoms with Crippen molar-refractivity contribution in [2.45, 2.75) is 9.33 Å². The van der Waals surface area contributed by atoms with E-state index in [0.717, 1.165) is 5.70 Å². The Kier molecular flexibility index (Phi) is 3.25. The SMILES string of the molecule is O=C(NC1=CC=C2N=CC=CC23NCN=C13)C(Cl)(Cl)Cl. The van der Waals surface area contributed by atoms with Crippen LogP contribution in [0.25, 0.3) is 0 Å². The highest BCUT2D eigenvalue weighted by atomic mass is 35.6. The summed E-state index contributed by atoms with van der Waals surface area (Å²) in [6.45, 7) is 0.424. The van der Waals surface area contributed by atoms with Crippen molar-refractivity contribution in [3.63, 3.8) is 0 Å². The molecule has 2 heterocycles. The molecule has 0 aromatic carbocycles. The maximum absolute atomic E-state index is 11.8. The molecule has 2 aliphatic heterocycles. The third kappa shape index (κ3) is 2.11. The maximum Gasteiger partial charge on any atom is 0.276 e. The predicted octanol–water partition coefficient (Wildman–Crippen LogP) is 1.64. The van der Waals surface area contributed by atoms with Gasteiger partial charge < -0.3 is 5.32 Å². The molecule has 1 aliphatic carbocycles. The second-order valence-electron chi connectivity index (χ2n) is 4.37. The molecule has 1 unspecified atom stereocenters. The van der Waals surface area contributed by atoms with Crippen molar-refractivity contribution < 1.29 is 4.79 Å². The lowest BCUT2D eigenvalue weighted by Gasteiger charge is -2.33. The van der Waals surface area contributed by atoms with Crippen molar-refractivity contribution in [1.29, 1.82) is 0 Å². The van der Waals surface area contributed by atoms with E-state index in [1.54, 1.807) is 18.4 Å². The van der Waals surface area contributed by atoms with E-state index < -0.39 is 15.2 Å². The molecule has 0 radical (unpaired) electrons. The van der Waals surface area contributed by atoms with Crippen molar-refractivity contribution in [3.05, 3.63) is 35.7 Å². The van der Waals surface area contributed by atoms with E-state index in [-0.39, 0.29) is 0 Å². The molecule has 0 aromatic rings. The highest BCUT2D eigenvalue weighted by Gasteiger charge is 2.45. The summed E-state index contributed by atoms with van der Waals surface area (Å²) in [6, 6.07) is 0. The Balaban J connectivity index is 1.96. The van der Waals surface area contributed by atoms with Gasteiger partial charge in [-0.25, -0.2) is 0 Å². The summed E-state index contributed by atoms with van der Waals surface area (Å²) in [5, 5.41) is 5.84. The van der Waals surface area contributed by atoms with Gasteiger partial charge in [0.15, 0.2) is 0 Å². The first-order valence-electron chi connectivity index (χ1n) is 5.76.